The summed E-state index contributed by atoms with van der Waals surface area (Å²) in [5.41, 5.74) is 0.354. The Balaban J connectivity index is 1.97. The van der Waals surface area contributed by atoms with E-state index in [1.165, 1.54) is 0 Å². The van der Waals surface area contributed by atoms with Crippen LogP contribution in [0, 0.1) is 0 Å². The molecule has 1 heterocycles. The van der Waals surface area contributed by atoms with E-state index in [9.17, 15) is 4.79 Å². The third-order valence-corrected chi connectivity index (χ3v) is 5.72. The van der Waals surface area contributed by atoms with Crippen molar-refractivity contribution in [3.63, 3.8) is 0 Å². The van der Waals surface area contributed by atoms with Gasteiger partial charge in [-0.25, -0.2) is 4.79 Å². The van der Waals surface area contributed by atoms with Crippen molar-refractivity contribution in [2.24, 2.45) is 0 Å². The number of amides is 1. The molecule has 1 N–H and O–H groups in total. The molecule has 178 valence electrons. The van der Waals surface area contributed by atoms with Crippen LogP contribution in [0.4, 0.5) is 10.5 Å². The molecule has 0 aromatic heterocycles. The molecule has 0 saturated carbocycles. The van der Waals surface area contributed by atoms with Gasteiger partial charge in [0.2, 0.25) is 0 Å². The van der Waals surface area contributed by atoms with Gasteiger partial charge < -0.3 is 23.5 Å². The summed E-state index contributed by atoms with van der Waals surface area (Å²) in [5.74, 6) is 0.984. The molecule has 0 radical (unpaired) electrons. The first-order chi connectivity index (χ1) is 15.3. The van der Waals surface area contributed by atoms with E-state index < -0.39 is 30.0 Å². The third kappa shape index (κ3) is 6.00. The Bertz CT molecular complexity index is 968. The standard InChI is InChI=1S/C25H34BNO6/c1-23(2,3)31-22(28)27-19-15-21(30-16-17-12-10-9-11-13-17)20(29-8)14-18(19)26-32-24(4,5)25(6,7)33-26/h9-15H,16H2,1-8H3,(H,27,28). The molecule has 0 spiro atoms. The quantitative estimate of drug-likeness (QED) is 0.624. The Morgan fingerprint density at radius 1 is 1.00 bits per heavy atom. The van der Waals surface area contributed by atoms with Gasteiger partial charge in [-0.1, -0.05) is 30.3 Å². The fourth-order valence-electron chi connectivity index (χ4n) is 3.27. The van der Waals surface area contributed by atoms with Crippen LogP contribution >= 0.6 is 0 Å². The number of anilines is 1. The van der Waals surface area contributed by atoms with Gasteiger partial charge in [-0.2, -0.15) is 0 Å². The van der Waals surface area contributed by atoms with Gasteiger partial charge in [0.15, 0.2) is 11.5 Å². The van der Waals surface area contributed by atoms with Crippen LogP contribution in [0.2, 0.25) is 0 Å². The minimum absolute atomic E-state index is 0.346. The molecule has 7 nitrogen and oxygen atoms in total. The Kier molecular flexibility index (Phi) is 7.00. The molecule has 0 unspecified atom stereocenters. The topological polar surface area (TPSA) is 75.2 Å². The summed E-state index contributed by atoms with van der Waals surface area (Å²) in [5, 5.41) is 2.83. The highest BCUT2D eigenvalue weighted by atomic mass is 16.7. The van der Waals surface area contributed by atoms with E-state index >= 15 is 0 Å². The Morgan fingerprint density at radius 3 is 2.15 bits per heavy atom. The lowest BCUT2D eigenvalue weighted by Crippen LogP contribution is -2.41. The molecular formula is C25H34BNO6. The van der Waals surface area contributed by atoms with Crippen molar-refractivity contribution in [3.8, 4) is 11.5 Å². The van der Waals surface area contributed by atoms with Crippen LogP contribution in [-0.2, 0) is 20.7 Å². The van der Waals surface area contributed by atoms with Crippen molar-refractivity contribution in [1.29, 1.82) is 0 Å². The first-order valence-corrected chi connectivity index (χ1v) is 11.1. The summed E-state index contributed by atoms with van der Waals surface area (Å²) in [6.07, 6.45) is -0.584. The van der Waals surface area contributed by atoms with Gasteiger partial charge in [0.1, 0.15) is 12.2 Å². The molecule has 1 amide bonds. The Labute approximate surface area is 196 Å². The number of benzene rings is 2. The van der Waals surface area contributed by atoms with Crippen molar-refractivity contribution >= 4 is 24.4 Å². The van der Waals surface area contributed by atoms with E-state index in [1.54, 1.807) is 19.2 Å². The van der Waals surface area contributed by atoms with E-state index in [4.69, 9.17) is 23.5 Å². The highest BCUT2D eigenvalue weighted by Crippen LogP contribution is 2.38. The molecule has 0 aliphatic carbocycles. The van der Waals surface area contributed by atoms with Gasteiger partial charge in [-0.05, 0) is 60.1 Å². The zero-order valence-corrected chi connectivity index (χ0v) is 20.8. The first-order valence-electron chi connectivity index (χ1n) is 11.1. The van der Waals surface area contributed by atoms with Gasteiger partial charge in [-0.3, -0.25) is 5.32 Å². The summed E-state index contributed by atoms with van der Waals surface area (Å²) >= 11 is 0. The number of ether oxygens (including phenoxy) is 3. The smallest absolute Gasteiger partial charge is 0.493 e. The summed E-state index contributed by atoms with van der Waals surface area (Å²) in [7, 11) is 0.858. The van der Waals surface area contributed by atoms with Crippen LogP contribution in [0.3, 0.4) is 0 Å². The zero-order chi connectivity index (χ0) is 24.4. The lowest BCUT2D eigenvalue weighted by molar-refractivity contribution is 0.00578. The van der Waals surface area contributed by atoms with Crippen LogP contribution in [0.5, 0.6) is 11.5 Å². The number of carbonyl (C=O) groups excluding carboxylic acids is 1. The van der Waals surface area contributed by atoms with Gasteiger partial charge in [0.05, 0.1) is 18.3 Å². The second-order valence-corrected chi connectivity index (χ2v) is 10.1. The molecular weight excluding hydrogens is 421 g/mol. The molecule has 1 aliphatic rings. The summed E-state index contributed by atoms with van der Waals surface area (Å²) in [6, 6.07) is 13.3. The maximum Gasteiger partial charge on any atom is 0.497 e. The maximum absolute atomic E-state index is 12.6. The van der Waals surface area contributed by atoms with Gasteiger partial charge in [-0.15, -0.1) is 0 Å². The predicted octanol–water partition coefficient (Wildman–Crippen LogP) is 4.92. The van der Waals surface area contributed by atoms with Gasteiger partial charge >= 0.3 is 13.2 Å². The molecule has 1 saturated heterocycles. The van der Waals surface area contributed by atoms with Crippen LogP contribution in [0.15, 0.2) is 42.5 Å². The number of methoxy groups -OCH3 is 1. The van der Waals surface area contributed by atoms with E-state index in [1.807, 2.05) is 78.8 Å². The lowest BCUT2D eigenvalue weighted by Gasteiger charge is -2.32. The zero-order valence-electron chi connectivity index (χ0n) is 20.8. The number of hydrogen-bond donors (Lipinski definition) is 1. The molecule has 0 bridgehead atoms. The lowest BCUT2D eigenvalue weighted by atomic mass is 9.77. The second kappa shape index (κ2) is 9.27. The molecule has 3 rings (SSSR count). The monoisotopic (exact) mass is 455 g/mol. The number of rotatable bonds is 6. The van der Waals surface area contributed by atoms with Crippen molar-refractivity contribution < 1.29 is 28.3 Å². The van der Waals surface area contributed by atoms with Crippen molar-refractivity contribution in [1.82, 2.24) is 0 Å². The minimum atomic E-state index is -0.711. The van der Waals surface area contributed by atoms with E-state index in [0.717, 1.165) is 5.56 Å². The number of carbonyl (C=O) groups is 1. The average molecular weight is 455 g/mol. The third-order valence-electron chi connectivity index (χ3n) is 5.72. The maximum atomic E-state index is 12.6. The predicted molar refractivity (Wildman–Crippen MR) is 129 cm³/mol. The highest BCUT2D eigenvalue weighted by molar-refractivity contribution is 6.64. The molecule has 1 aliphatic heterocycles. The van der Waals surface area contributed by atoms with E-state index in [0.29, 0.717) is 29.3 Å². The number of nitrogens with one attached hydrogen (secondary N) is 1. The molecule has 2 aromatic carbocycles. The van der Waals surface area contributed by atoms with Crippen LogP contribution in [0.1, 0.15) is 54.0 Å². The molecule has 0 atom stereocenters. The van der Waals surface area contributed by atoms with E-state index in [-0.39, 0.29) is 0 Å². The van der Waals surface area contributed by atoms with Crippen molar-refractivity contribution in [2.75, 3.05) is 12.4 Å². The van der Waals surface area contributed by atoms with Crippen molar-refractivity contribution in [3.05, 3.63) is 48.0 Å². The Morgan fingerprint density at radius 2 is 1.61 bits per heavy atom. The molecule has 1 fully saturated rings. The largest absolute Gasteiger partial charge is 0.497 e. The summed E-state index contributed by atoms with van der Waals surface area (Å²) < 4.78 is 29.6. The van der Waals surface area contributed by atoms with Crippen molar-refractivity contribution in [2.45, 2.75) is 71.9 Å². The normalized spacial score (nSPS) is 16.9. The fraction of sp³-hybridized carbons (Fsp3) is 0.480. The summed E-state index contributed by atoms with van der Waals surface area (Å²) in [4.78, 5) is 12.6. The minimum Gasteiger partial charge on any atom is -0.493 e. The fourth-order valence-corrected chi connectivity index (χ4v) is 3.27. The number of hydrogen-bond acceptors (Lipinski definition) is 6. The molecule has 8 heteroatoms. The average Bonchev–Trinajstić information content (AvgIpc) is 2.92. The van der Waals surface area contributed by atoms with Gasteiger partial charge in [0.25, 0.3) is 0 Å². The van der Waals surface area contributed by atoms with Gasteiger partial charge in [0, 0.05) is 17.2 Å². The second-order valence-electron chi connectivity index (χ2n) is 10.1. The molecule has 2 aromatic rings. The SMILES string of the molecule is COc1cc(B2OC(C)(C)C(C)(C)O2)c(NC(=O)OC(C)(C)C)cc1OCc1ccccc1. The Hall–Kier alpha value is -2.71. The summed E-state index contributed by atoms with van der Waals surface area (Å²) in [6.45, 7) is 13.7. The van der Waals surface area contributed by atoms with Crippen LogP contribution in [0.25, 0.3) is 0 Å². The van der Waals surface area contributed by atoms with E-state index in [2.05, 4.69) is 5.32 Å². The van der Waals surface area contributed by atoms with Crippen LogP contribution in [-0.4, -0.2) is 37.1 Å². The molecule has 33 heavy (non-hydrogen) atoms. The first kappa shape index (κ1) is 24.9. The van der Waals surface area contributed by atoms with Crippen LogP contribution < -0.4 is 20.3 Å². The highest BCUT2D eigenvalue weighted by Gasteiger charge is 2.52.